The molecule has 0 aliphatic carbocycles. The van der Waals surface area contributed by atoms with Crippen molar-refractivity contribution in [2.45, 2.75) is 26.3 Å². The Kier molecular flexibility index (Phi) is 4.28. The summed E-state index contributed by atoms with van der Waals surface area (Å²) >= 11 is 1.76. The third-order valence-electron chi connectivity index (χ3n) is 3.61. The largest absolute Gasteiger partial charge is 0.478 e. The number of rotatable bonds is 4. The second-order valence-electron chi connectivity index (χ2n) is 4.94. The third kappa shape index (κ3) is 2.99. The van der Waals surface area contributed by atoms with Crippen LogP contribution in [-0.2, 0) is 19.4 Å². The average molecular weight is 289 g/mol. The van der Waals surface area contributed by atoms with Crippen LogP contribution in [-0.4, -0.2) is 34.6 Å². The molecule has 1 aliphatic heterocycles. The van der Waals surface area contributed by atoms with Crippen molar-refractivity contribution in [1.29, 1.82) is 0 Å². The zero-order chi connectivity index (χ0) is 13.8. The Balaban J connectivity index is 1.73. The summed E-state index contributed by atoms with van der Waals surface area (Å²) in [5.41, 5.74) is 3.75. The van der Waals surface area contributed by atoms with Gasteiger partial charge in [0.2, 0.25) is 5.88 Å². The summed E-state index contributed by atoms with van der Waals surface area (Å²) in [6.07, 6.45) is 3.57. The van der Waals surface area contributed by atoms with Gasteiger partial charge in [-0.1, -0.05) is 0 Å². The monoisotopic (exact) mass is 289 g/mol. The van der Waals surface area contributed by atoms with E-state index in [4.69, 9.17) is 4.74 Å². The number of hydrogen-bond acceptors (Lipinski definition) is 5. The van der Waals surface area contributed by atoms with Gasteiger partial charge in [-0.3, -0.25) is 4.90 Å². The first-order chi connectivity index (χ1) is 9.86. The molecule has 0 saturated heterocycles. The van der Waals surface area contributed by atoms with Crippen LogP contribution < -0.4 is 4.74 Å². The van der Waals surface area contributed by atoms with Crippen molar-refractivity contribution in [2.24, 2.45) is 0 Å². The van der Waals surface area contributed by atoms with Crippen LogP contribution in [0.5, 0.6) is 5.88 Å². The molecule has 4 nitrogen and oxygen atoms in total. The van der Waals surface area contributed by atoms with Gasteiger partial charge in [0, 0.05) is 31.6 Å². The van der Waals surface area contributed by atoms with Gasteiger partial charge < -0.3 is 4.74 Å². The molecule has 2 aromatic rings. The lowest BCUT2D eigenvalue weighted by Crippen LogP contribution is -2.25. The summed E-state index contributed by atoms with van der Waals surface area (Å²) in [7, 11) is 0. The molecule has 0 N–H and O–H groups in total. The quantitative estimate of drug-likeness (QED) is 0.867. The molecule has 0 saturated carbocycles. The number of thiophene rings is 1. The smallest absolute Gasteiger partial charge is 0.219 e. The van der Waals surface area contributed by atoms with Gasteiger partial charge in [-0.15, -0.1) is 0 Å². The van der Waals surface area contributed by atoms with Crippen LogP contribution in [0.3, 0.4) is 0 Å². The van der Waals surface area contributed by atoms with Gasteiger partial charge in [0.15, 0.2) is 0 Å². The highest BCUT2D eigenvalue weighted by atomic mass is 32.1. The van der Waals surface area contributed by atoms with Gasteiger partial charge >= 0.3 is 0 Å². The molecule has 0 unspecified atom stereocenters. The van der Waals surface area contributed by atoms with Gasteiger partial charge in [-0.25, -0.2) is 9.97 Å². The Morgan fingerprint density at radius 2 is 2.20 bits per heavy atom. The van der Waals surface area contributed by atoms with Crippen molar-refractivity contribution in [3.63, 3.8) is 0 Å². The number of hydrogen-bond donors (Lipinski definition) is 0. The minimum atomic E-state index is 0.655. The first-order valence-corrected chi connectivity index (χ1v) is 8.00. The van der Waals surface area contributed by atoms with Crippen molar-refractivity contribution in [3.8, 4) is 5.88 Å². The molecule has 0 atom stereocenters. The Morgan fingerprint density at radius 3 is 3.00 bits per heavy atom. The summed E-state index contributed by atoms with van der Waals surface area (Å²) in [6, 6.07) is 2.20. The Bertz CT molecular complexity index is 556. The lowest BCUT2D eigenvalue weighted by Gasteiger charge is -2.18. The maximum absolute atomic E-state index is 5.63. The van der Waals surface area contributed by atoms with E-state index in [0.717, 1.165) is 44.0 Å². The second-order valence-corrected chi connectivity index (χ2v) is 5.72. The van der Waals surface area contributed by atoms with Crippen LogP contribution >= 0.6 is 11.3 Å². The normalized spacial score (nSPS) is 15.7. The Hall–Kier alpha value is -1.46. The number of fused-ring (bicyclic) bond motifs is 1. The molecule has 3 heterocycles. The fraction of sp³-hybridized carbons (Fsp3) is 0.467. The van der Waals surface area contributed by atoms with Crippen molar-refractivity contribution in [2.75, 3.05) is 19.7 Å². The minimum Gasteiger partial charge on any atom is -0.478 e. The molecule has 0 fully saturated rings. The molecular weight excluding hydrogens is 270 g/mol. The molecule has 20 heavy (non-hydrogen) atoms. The summed E-state index contributed by atoms with van der Waals surface area (Å²) in [4.78, 5) is 11.2. The van der Waals surface area contributed by atoms with Crippen LogP contribution in [0.25, 0.3) is 0 Å². The van der Waals surface area contributed by atoms with E-state index in [-0.39, 0.29) is 0 Å². The summed E-state index contributed by atoms with van der Waals surface area (Å²) < 4.78 is 5.63. The van der Waals surface area contributed by atoms with Crippen LogP contribution in [0.15, 0.2) is 23.2 Å². The number of aromatic nitrogens is 2. The zero-order valence-corrected chi connectivity index (χ0v) is 12.5. The molecule has 106 valence electrons. The third-order valence-corrected chi connectivity index (χ3v) is 4.34. The van der Waals surface area contributed by atoms with Crippen molar-refractivity contribution in [1.82, 2.24) is 14.9 Å². The summed E-state index contributed by atoms with van der Waals surface area (Å²) in [5.74, 6) is 0.773. The SMILES string of the molecule is CCOc1ncnc2c1CCN(Cc1ccsc1)CC2. The molecular formula is C15H19N3OS. The molecule has 0 spiro atoms. The molecule has 0 bridgehead atoms. The van der Waals surface area contributed by atoms with Crippen molar-refractivity contribution < 1.29 is 4.74 Å². The first-order valence-electron chi connectivity index (χ1n) is 7.05. The lowest BCUT2D eigenvalue weighted by molar-refractivity contribution is 0.277. The van der Waals surface area contributed by atoms with E-state index in [1.807, 2.05) is 6.92 Å². The maximum Gasteiger partial charge on any atom is 0.219 e. The van der Waals surface area contributed by atoms with E-state index >= 15 is 0 Å². The first kappa shape index (κ1) is 13.5. The topological polar surface area (TPSA) is 38.3 Å². The van der Waals surface area contributed by atoms with Crippen LogP contribution in [0, 0.1) is 0 Å². The van der Waals surface area contributed by atoms with Crippen molar-refractivity contribution in [3.05, 3.63) is 40.0 Å². The van der Waals surface area contributed by atoms with Crippen LogP contribution in [0.4, 0.5) is 0 Å². The minimum absolute atomic E-state index is 0.655. The summed E-state index contributed by atoms with van der Waals surface area (Å²) in [5, 5.41) is 4.37. The van der Waals surface area contributed by atoms with Gasteiger partial charge in [-0.2, -0.15) is 11.3 Å². The molecule has 3 rings (SSSR count). The van der Waals surface area contributed by atoms with Gasteiger partial charge in [-0.05, 0) is 35.7 Å². The van der Waals surface area contributed by atoms with E-state index < -0.39 is 0 Å². The van der Waals surface area contributed by atoms with Crippen molar-refractivity contribution >= 4 is 11.3 Å². The van der Waals surface area contributed by atoms with E-state index in [2.05, 4.69) is 31.7 Å². The maximum atomic E-state index is 5.63. The highest BCUT2D eigenvalue weighted by molar-refractivity contribution is 7.07. The Morgan fingerprint density at radius 1 is 1.30 bits per heavy atom. The molecule has 2 aromatic heterocycles. The van der Waals surface area contributed by atoms with Gasteiger partial charge in [0.1, 0.15) is 6.33 Å². The predicted octanol–water partition coefficient (Wildman–Crippen LogP) is 2.54. The fourth-order valence-corrected chi connectivity index (χ4v) is 3.26. The molecule has 1 aliphatic rings. The highest BCUT2D eigenvalue weighted by Crippen LogP contribution is 2.23. The van der Waals surface area contributed by atoms with E-state index in [9.17, 15) is 0 Å². The highest BCUT2D eigenvalue weighted by Gasteiger charge is 2.19. The lowest BCUT2D eigenvalue weighted by atomic mass is 10.1. The molecule has 0 amide bonds. The van der Waals surface area contributed by atoms with E-state index in [0.29, 0.717) is 6.61 Å². The number of ether oxygens (including phenoxy) is 1. The molecule has 0 aromatic carbocycles. The standard InChI is InChI=1S/C15H19N3OS/c1-2-19-15-13-3-6-18(9-12-5-8-20-10-12)7-4-14(13)16-11-17-15/h5,8,10-11H,2-4,6-7,9H2,1H3. The predicted molar refractivity (Wildman–Crippen MR) is 80.2 cm³/mol. The molecule has 5 heteroatoms. The average Bonchev–Trinajstić information content (AvgIpc) is 2.87. The Labute approximate surface area is 123 Å². The van der Waals surface area contributed by atoms with Gasteiger partial charge in [0.05, 0.1) is 12.3 Å². The van der Waals surface area contributed by atoms with Gasteiger partial charge in [0.25, 0.3) is 0 Å². The zero-order valence-electron chi connectivity index (χ0n) is 11.7. The van der Waals surface area contributed by atoms with Crippen LogP contribution in [0.1, 0.15) is 23.7 Å². The van der Waals surface area contributed by atoms with E-state index in [1.54, 1.807) is 17.7 Å². The fourth-order valence-electron chi connectivity index (χ4n) is 2.60. The van der Waals surface area contributed by atoms with Crippen LogP contribution in [0.2, 0.25) is 0 Å². The number of nitrogens with zero attached hydrogens (tertiary/aromatic N) is 3. The molecule has 0 radical (unpaired) electrons. The van der Waals surface area contributed by atoms with E-state index in [1.165, 1.54) is 11.1 Å². The summed E-state index contributed by atoms with van der Waals surface area (Å²) in [6.45, 7) is 5.76. The second kappa shape index (κ2) is 6.33.